The van der Waals surface area contributed by atoms with E-state index in [0.29, 0.717) is 0 Å². The van der Waals surface area contributed by atoms with Gasteiger partial charge in [-0.05, 0) is 44.9 Å². The highest BCUT2D eigenvalue weighted by molar-refractivity contribution is 14.1. The van der Waals surface area contributed by atoms with Gasteiger partial charge in [-0.25, -0.2) is 0 Å². The van der Waals surface area contributed by atoms with E-state index in [1.807, 2.05) is 13.8 Å². The van der Waals surface area contributed by atoms with E-state index in [0.717, 1.165) is 4.91 Å². The highest BCUT2D eigenvalue weighted by Crippen LogP contribution is 2.12. The summed E-state index contributed by atoms with van der Waals surface area (Å²) in [5.41, 5.74) is 0. The van der Waals surface area contributed by atoms with Crippen molar-refractivity contribution in [2.45, 2.75) is 13.8 Å². The molecule has 0 rings (SSSR count). The standard InChI is InChI=1S/C4H7IS/c1-3(5)4(2)6/h6H,1-2H3/b4-3+. The Balaban J connectivity index is 3.68. The summed E-state index contributed by atoms with van der Waals surface area (Å²) in [4.78, 5) is 1.11. The van der Waals surface area contributed by atoms with Crippen LogP contribution in [0, 0.1) is 0 Å². The first-order valence-electron chi connectivity index (χ1n) is 1.66. The van der Waals surface area contributed by atoms with Crippen LogP contribution < -0.4 is 0 Å². The lowest BCUT2D eigenvalue weighted by atomic mass is 10.6. The molecule has 0 amide bonds. The molecule has 0 atom stereocenters. The van der Waals surface area contributed by atoms with Crippen LogP contribution in [-0.2, 0) is 0 Å². The van der Waals surface area contributed by atoms with Gasteiger partial charge >= 0.3 is 0 Å². The summed E-state index contributed by atoms with van der Waals surface area (Å²) in [6.45, 7) is 4.01. The quantitative estimate of drug-likeness (QED) is 0.465. The Morgan fingerprint density at radius 3 is 1.67 bits per heavy atom. The second kappa shape index (κ2) is 2.91. The van der Waals surface area contributed by atoms with Gasteiger partial charge in [-0.1, -0.05) is 0 Å². The third-order valence-corrected chi connectivity index (χ3v) is 2.07. The predicted octanol–water partition coefficient (Wildman–Crippen LogP) is 2.60. The summed E-state index contributed by atoms with van der Waals surface area (Å²) in [5, 5.41) is 0. The van der Waals surface area contributed by atoms with Crippen LogP contribution in [0.25, 0.3) is 0 Å². The monoisotopic (exact) mass is 214 g/mol. The number of rotatable bonds is 0. The molecule has 0 aromatic rings. The van der Waals surface area contributed by atoms with Gasteiger partial charge in [0, 0.05) is 0 Å². The van der Waals surface area contributed by atoms with E-state index in [1.165, 1.54) is 3.58 Å². The Morgan fingerprint density at radius 2 is 1.67 bits per heavy atom. The molecule has 6 heavy (non-hydrogen) atoms. The second-order valence-electron chi connectivity index (χ2n) is 1.12. The van der Waals surface area contributed by atoms with Crippen LogP contribution >= 0.6 is 35.2 Å². The molecule has 0 aromatic heterocycles. The number of hydrogen-bond donors (Lipinski definition) is 1. The van der Waals surface area contributed by atoms with Gasteiger partial charge in [-0.2, -0.15) is 0 Å². The average Bonchev–Trinajstić information content (AvgIpc) is 1.36. The second-order valence-corrected chi connectivity index (χ2v) is 3.41. The molecule has 0 unspecified atom stereocenters. The maximum Gasteiger partial charge on any atom is -0.00355 e. The van der Waals surface area contributed by atoms with Gasteiger partial charge in [0.2, 0.25) is 0 Å². The molecule has 0 aromatic carbocycles. The molecule has 0 spiro atoms. The van der Waals surface area contributed by atoms with E-state index in [9.17, 15) is 0 Å². The van der Waals surface area contributed by atoms with Crippen LogP contribution in [0.2, 0.25) is 0 Å². The molecule has 0 saturated heterocycles. The largest absolute Gasteiger partial charge is 0.147 e. The number of halogens is 1. The fraction of sp³-hybridized carbons (Fsp3) is 0.500. The molecule has 36 valence electrons. The summed E-state index contributed by atoms with van der Waals surface area (Å²) in [7, 11) is 0. The zero-order chi connectivity index (χ0) is 5.15. The van der Waals surface area contributed by atoms with E-state index in [2.05, 4.69) is 35.2 Å². The molecule has 0 aliphatic carbocycles. The molecule has 0 N–H and O–H groups in total. The first kappa shape index (κ1) is 6.82. The minimum Gasteiger partial charge on any atom is -0.147 e. The molecule has 0 bridgehead atoms. The molecule has 0 heterocycles. The molecule has 0 radical (unpaired) electrons. The van der Waals surface area contributed by atoms with Gasteiger partial charge < -0.3 is 0 Å². The van der Waals surface area contributed by atoms with Crippen molar-refractivity contribution in [3.63, 3.8) is 0 Å². The van der Waals surface area contributed by atoms with Crippen LogP contribution in [0.3, 0.4) is 0 Å². The fourth-order valence-corrected chi connectivity index (χ4v) is 0. The van der Waals surface area contributed by atoms with Crippen molar-refractivity contribution in [2.24, 2.45) is 0 Å². The van der Waals surface area contributed by atoms with Gasteiger partial charge in [-0.3, -0.25) is 0 Å². The number of allylic oxidation sites excluding steroid dienone is 2. The van der Waals surface area contributed by atoms with Crippen molar-refractivity contribution >= 4 is 35.2 Å². The molecule has 0 saturated carbocycles. The first-order valence-corrected chi connectivity index (χ1v) is 3.19. The summed E-state index contributed by atoms with van der Waals surface area (Å²) >= 11 is 6.30. The lowest BCUT2D eigenvalue weighted by molar-refractivity contribution is 1.59. The van der Waals surface area contributed by atoms with Crippen molar-refractivity contribution < 1.29 is 0 Å². The Labute approximate surface area is 57.6 Å². The highest BCUT2D eigenvalue weighted by atomic mass is 127. The Hall–Kier alpha value is 0.820. The smallest absolute Gasteiger partial charge is 0.00355 e. The lowest BCUT2D eigenvalue weighted by Gasteiger charge is -1.84. The maximum absolute atomic E-state index is 4.07. The van der Waals surface area contributed by atoms with Gasteiger partial charge in [-0.15, -0.1) is 12.6 Å². The number of thiol groups is 1. The van der Waals surface area contributed by atoms with Gasteiger partial charge in [0.25, 0.3) is 0 Å². The van der Waals surface area contributed by atoms with E-state index in [1.54, 1.807) is 0 Å². The topological polar surface area (TPSA) is 0 Å². The molecule has 0 nitrogen and oxygen atoms in total. The Kier molecular flexibility index (Phi) is 3.30. The third kappa shape index (κ3) is 3.03. The predicted molar refractivity (Wildman–Crippen MR) is 41.4 cm³/mol. The van der Waals surface area contributed by atoms with Crippen molar-refractivity contribution in [1.82, 2.24) is 0 Å². The minimum absolute atomic E-state index is 1.11. The maximum atomic E-state index is 4.07. The summed E-state index contributed by atoms with van der Waals surface area (Å²) < 4.78 is 1.26. The zero-order valence-electron chi connectivity index (χ0n) is 3.83. The van der Waals surface area contributed by atoms with Crippen molar-refractivity contribution in [1.29, 1.82) is 0 Å². The van der Waals surface area contributed by atoms with E-state index in [4.69, 9.17) is 0 Å². The summed E-state index contributed by atoms with van der Waals surface area (Å²) in [5.74, 6) is 0. The average molecular weight is 214 g/mol. The van der Waals surface area contributed by atoms with E-state index >= 15 is 0 Å². The van der Waals surface area contributed by atoms with Gasteiger partial charge in [0.1, 0.15) is 0 Å². The Bertz CT molecular complexity index is 57.6. The Morgan fingerprint density at radius 1 is 1.50 bits per heavy atom. The van der Waals surface area contributed by atoms with Gasteiger partial charge in [0.15, 0.2) is 0 Å². The molecular weight excluding hydrogens is 207 g/mol. The molecule has 2 heteroatoms. The van der Waals surface area contributed by atoms with Crippen molar-refractivity contribution in [3.05, 3.63) is 8.48 Å². The highest BCUT2D eigenvalue weighted by Gasteiger charge is 1.78. The molecule has 0 aliphatic rings. The van der Waals surface area contributed by atoms with Gasteiger partial charge in [0.05, 0.1) is 0 Å². The fourth-order valence-electron chi connectivity index (χ4n) is 0. The SMILES string of the molecule is C/C(S)=C(/C)I. The van der Waals surface area contributed by atoms with Crippen LogP contribution in [-0.4, -0.2) is 0 Å². The first-order chi connectivity index (χ1) is 2.64. The van der Waals surface area contributed by atoms with Crippen LogP contribution in [0.5, 0.6) is 0 Å². The van der Waals surface area contributed by atoms with Crippen LogP contribution in [0.1, 0.15) is 13.8 Å². The number of hydrogen-bond acceptors (Lipinski definition) is 1. The normalized spacial score (nSPS) is 14.0. The molecule has 0 fully saturated rings. The van der Waals surface area contributed by atoms with Crippen molar-refractivity contribution in [2.75, 3.05) is 0 Å². The lowest BCUT2D eigenvalue weighted by Crippen LogP contribution is -1.57. The minimum atomic E-state index is 1.11. The summed E-state index contributed by atoms with van der Waals surface area (Å²) in [6, 6.07) is 0. The zero-order valence-corrected chi connectivity index (χ0v) is 6.88. The van der Waals surface area contributed by atoms with E-state index < -0.39 is 0 Å². The summed E-state index contributed by atoms with van der Waals surface area (Å²) in [6.07, 6.45) is 0. The van der Waals surface area contributed by atoms with E-state index in [-0.39, 0.29) is 0 Å². The molecule has 0 aliphatic heterocycles. The van der Waals surface area contributed by atoms with Crippen molar-refractivity contribution in [3.8, 4) is 0 Å². The van der Waals surface area contributed by atoms with Crippen LogP contribution in [0.15, 0.2) is 8.48 Å². The van der Waals surface area contributed by atoms with Crippen LogP contribution in [0.4, 0.5) is 0 Å². The third-order valence-electron chi connectivity index (χ3n) is 0.499. The molecular formula is C4H7IS.